The van der Waals surface area contributed by atoms with E-state index in [2.05, 4.69) is 11.3 Å². The minimum absolute atomic E-state index is 0.0911. The summed E-state index contributed by atoms with van der Waals surface area (Å²) in [5, 5.41) is 8.13. The number of carbonyl (C=O) groups is 1. The lowest BCUT2D eigenvalue weighted by atomic mass is 10.7. The fraction of sp³-hybridized carbons (Fsp3) is 0.400. The molecule has 0 aromatic rings. The number of hydrogen-bond acceptors (Lipinski definition) is 3. The van der Waals surface area contributed by atoms with Gasteiger partial charge in [0.2, 0.25) is 0 Å². The molecule has 0 heterocycles. The van der Waals surface area contributed by atoms with Gasteiger partial charge in [-0.05, 0) is 0 Å². The van der Waals surface area contributed by atoms with Crippen LogP contribution in [0.5, 0.6) is 0 Å². The van der Waals surface area contributed by atoms with Crippen LogP contribution in [0, 0.1) is 0 Å². The average molecular weight is 147 g/mol. The molecule has 4 heteroatoms. The van der Waals surface area contributed by atoms with E-state index in [0.717, 1.165) is 0 Å². The van der Waals surface area contributed by atoms with Crippen molar-refractivity contribution in [2.24, 2.45) is 0 Å². The second kappa shape index (κ2) is 5.65. The third kappa shape index (κ3) is 7.52. The van der Waals surface area contributed by atoms with Crippen molar-refractivity contribution in [2.45, 2.75) is 0 Å². The van der Waals surface area contributed by atoms with Crippen LogP contribution >= 0.6 is 11.9 Å². The van der Waals surface area contributed by atoms with Gasteiger partial charge in [0.1, 0.15) is 5.75 Å². The lowest BCUT2D eigenvalue weighted by molar-refractivity contribution is -0.133. The largest absolute Gasteiger partial charge is 0.481 e. The van der Waals surface area contributed by atoms with Crippen LogP contribution < -0.4 is 4.72 Å². The van der Waals surface area contributed by atoms with E-state index in [0.29, 0.717) is 6.54 Å². The van der Waals surface area contributed by atoms with Gasteiger partial charge >= 0.3 is 5.97 Å². The Hall–Kier alpha value is -0.480. The predicted octanol–water partition coefficient (Wildman–Crippen LogP) is 0.495. The van der Waals surface area contributed by atoms with Crippen molar-refractivity contribution >= 4 is 17.9 Å². The van der Waals surface area contributed by atoms with Crippen LogP contribution in [0.3, 0.4) is 0 Å². The Morgan fingerprint density at radius 3 is 3.00 bits per heavy atom. The van der Waals surface area contributed by atoms with Crippen LogP contribution in [-0.4, -0.2) is 23.4 Å². The third-order valence-corrected chi connectivity index (χ3v) is 1.29. The highest BCUT2D eigenvalue weighted by atomic mass is 32.2. The number of carboxylic acid groups (broad SMARTS) is 1. The zero-order valence-corrected chi connectivity index (χ0v) is 5.78. The molecule has 2 N–H and O–H groups in total. The maximum Gasteiger partial charge on any atom is 0.314 e. The highest BCUT2D eigenvalue weighted by Gasteiger charge is 1.93. The molecular weight excluding hydrogens is 138 g/mol. The van der Waals surface area contributed by atoms with Crippen LogP contribution in [0.25, 0.3) is 0 Å². The van der Waals surface area contributed by atoms with Gasteiger partial charge in [0.05, 0.1) is 0 Å². The molecule has 52 valence electrons. The third-order valence-electron chi connectivity index (χ3n) is 0.525. The Morgan fingerprint density at radius 1 is 1.89 bits per heavy atom. The van der Waals surface area contributed by atoms with Gasteiger partial charge in [0.25, 0.3) is 0 Å². The summed E-state index contributed by atoms with van der Waals surface area (Å²) in [5.74, 6) is -0.718. The second-order valence-corrected chi connectivity index (χ2v) is 2.19. The van der Waals surface area contributed by atoms with Crippen molar-refractivity contribution in [1.82, 2.24) is 4.72 Å². The molecule has 0 atom stereocenters. The van der Waals surface area contributed by atoms with E-state index < -0.39 is 5.97 Å². The van der Waals surface area contributed by atoms with Crippen molar-refractivity contribution in [1.29, 1.82) is 0 Å². The molecule has 0 spiro atoms. The van der Waals surface area contributed by atoms with Gasteiger partial charge < -0.3 is 5.11 Å². The van der Waals surface area contributed by atoms with Crippen LogP contribution in [0.2, 0.25) is 0 Å². The molecule has 0 aliphatic heterocycles. The summed E-state index contributed by atoms with van der Waals surface area (Å²) in [7, 11) is 0. The fourth-order valence-electron chi connectivity index (χ4n) is 0.231. The van der Waals surface area contributed by atoms with Crippen molar-refractivity contribution in [3.05, 3.63) is 12.7 Å². The molecule has 0 rings (SSSR count). The average Bonchev–Trinajstić information content (AvgIpc) is 1.80. The Labute approximate surface area is 58.3 Å². The van der Waals surface area contributed by atoms with Gasteiger partial charge in [-0.2, -0.15) is 0 Å². The lowest BCUT2D eigenvalue weighted by Gasteiger charge is -1.94. The van der Waals surface area contributed by atoms with Crippen LogP contribution in [0.4, 0.5) is 0 Å². The first kappa shape index (κ1) is 8.52. The number of rotatable bonds is 5. The monoisotopic (exact) mass is 147 g/mol. The molecular formula is C5H9NO2S. The Balaban J connectivity index is 2.91. The molecule has 0 amide bonds. The van der Waals surface area contributed by atoms with E-state index in [1.807, 2.05) is 0 Å². The summed E-state index contributed by atoms with van der Waals surface area (Å²) in [6, 6.07) is 0. The molecule has 0 fully saturated rings. The Kier molecular flexibility index (Phi) is 5.35. The van der Waals surface area contributed by atoms with E-state index >= 15 is 0 Å². The normalized spacial score (nSPS) is 8.89. The number of aliphatic carboxylic acids is 1. The van der Waals surface area contributed by atoms with Gasteiger partial charge in [-0.15, -0.1) is 6.58 Å². The second-order valence-electron chi connectivity index (χ2n) is 1.32. The van der Waals surface area contributed by atoms with Gasteiger partial charge in [0.15, 0.2) is 0 Å². The summed E-state index contributed by atoms with van der Waals surface area (Å²) in [6.45, 7) is 4.09. The van der Waals surface area contributed by atoms with Crippen molar-refractivity contribution < 1.29 is 9.90 Å². The molecule has 0 aliphatic carbocycles. The first-order valence-electron chi connectivity index (χ1n) is 2.44. The van der Waals surface area contributed by atoms with Crippen molar-refractivity contribution in [3.63, 3.8) is 0 Å². The Morgan fingerprint density at radius 2 is 2.56 bits per heavy atom. The van der Waals surface area contributed by atoms with Crippen LogP contribution in [-0.2, 0) is 4.79 Å². The molecule has 3 nitrogen and oxygen atoms in total. The first-order valence-corrected chi connectivity index (χ1v) is 3.43. The minimum atomic E-state index is -0.809. The highest BCUT2D eigenvalue weighted by Crippen LogP contribution is 1.89. The van der Waals surface area contributed by atoms with E-state index in [4.69, 9.17) is 5.11 Å². The van der Waals surface area contributed by atoms with Crippen LogP contribution in [0.15, 0.2) is 12.7 Å². The molecule has 9 heavy (non-hydrogen) atoms. The SMILES string of the molecule is C=CCNSCC(=O)O. The standard InChI is InChI=1S/C5H9NO2S/c1-2-3-6-9-4-5(7)8/h2,6H,1,3-4H2,(H,7,8). The summed E-state index contributed by atoms with van der Waals surface area (Å²) in [5.41, 5.74) is 0. The van der Waals surface area contributed by atoms with Crippen molar-refractivity contribution in [3.8, 4) is 0 Å². The number of nitrogens with one attached hydrogen (secondary N) is 1. The van der Waals surface area contributed by atoms with E-state index in [9.17, 15) is 4.79 Å². The molecule has 0 aliphatic rings. The fourth-order valence-corrected chi connectivity index (χ4v) is 0.692. The summed E-state index contributed by atoms with van der Waals surface area (Å²) >= 11 is 1.17. The lowest BCUT2D eigenvalue weighted by Crippen LogP contribution is -2.08. The molecule has 0 saturated carbocycles. The van der Waals surface area contributed by atoms with Gasteiger partial charge in [0, 0.05) is 6.54 Å². The summed E-state index contributed by atoms with van der Waals surface area (Å²) in [6.07, 6.45) is 1.68. The van der Waals surface area contributed by atoms with E-state index in [1.165, 1.54) is 11.9 Å². The van der Waals surface area contributed by atoms with E-state index in [-0.39, 0.29) is 5.75 Å². The predicted molar refractivity (Wildman–Crippen MR) is 38.3 cm³/mol. The minimum Gasteiger partial charge on any atom is -0.481 e. The maximum atomic E-state index is 9.88. The molecule has 0 unspecified atom stereocenters. The maximum absolute atomic E-state index is 9.88. The molecule has 0 saturated heterocycles. The van der Waals surface area contributed by atoms with Crippen LogP contribution in [0.1, 0.15) is 0 Å². The molecule has 0 radical (unpaired) electrons. The smallest absolute Gasteiger partial charge is 0.314 e. The zero-order valence-electron chi connectivity index (χ0n) is 4.96. The van der Waals surface area contributed by atoms with Gasteiger partial charge in [-0.25, -0.2) is 0 Å². The first-order chi connectivity index (χ1) is 4.27. The zero-order chi connectivity index (χ0) is 7.11. The highest BCUT2D eigenvalue weighted by molar-refractivity contribution is 7.98. The van der Waals surface area contributed by atoms with Gasteiger partial charge in [-0.3, -0.25) is 9.52 Å². The molecule has 0 aromatic carbocycles. The number of carboxylic acids is 1. The number of hydrogen-bond donors (Lipinski definition) is 2. The van der Waals surface area contributed by atoms with Crippen molar-refractivity contribution in [2.75, 3.05) is 12.3 Å². The quantitative estimate of drug-likeness (QED) is 0.337. The Bertz CT molecular complexity index is 105. The molecule has 0 aromatic heterocycles. The topological polar surface area (TPSA) is 49.3 Å². The summed E-state index contributed by atoms with van der Waals surface area (Å²) < 4.78 is 2.78. The molecule has 0 bridgehead atoms. The summed E-state index contributed by atoms with van der Waals surface area (Å²) in [4.78, 5) is 9.88. The van der Waals surface area contributed by atoms with E-state index in [1.54, 1.807) is 6.08 Å². The van der Waals surface area contributed by atoms with Gasteiger partial charge in [-0.1, -0.05) is 18.0 Å².